The van der Waals surface area contributed by atoms with Crippen LogP contribution >= 0.6 is 0 Å². The molecular formula is C26H45NO7SSi. The Morgan fingerprint density at radius 2 is 1.67 bits per heavy atom. The molecule has 1 amide bonds. The number of hydrogen-bond donors (Lipinski definition) is 1. The molecule has 1 aliphatic heterocycles. The summed E-state index contributed by atoms with van der Waals surface area (Å²) in [5.74, 6) is 0. The highest BCUT2D eigenvalue weighted by molar-refractivity contribution is 7.86. The monoisotopic (exact) mass is 543 g/mol. The third-order valence-electron chi connectivity index (χ3n) is 6.87. The van der Waals surface area contributed by atoms with Gasteiger partial charge in [-0.05, 0) is 77.2 Å². The number of ether oxygens (including phenoxy) is 1. The summed E-state index contributed by atoms with van der Waals surface area (Å²) in [4.78, 5) is 14.7. The van der Waals surface area contributed by atoms with Crippen LogP contribution in [0.15, 0.2) is 29.2 Å². The highest BCUT2D eigenvalue weighted by Crippen LogP contribution is 2.39. The second-order valence-corrected chi connectivity index (χ2v) is 18.6. The molecule has 3 atom stereocenters. The molecule has 1 saturated heterocycles. The van der Waals surface area contributed by atoms with E-state index in [4.69, 9.17) is 13.3 Å². The van der Waals surface area contributed by atoms with E-state index in [1.165, 1.54) is 12.1 Å². The molecule has 0 bridgehead atoms. The minimum atomic E-state index is -3.82. The summed E-state index contributed by atoms with van der Waals surface area (Å²) >= 11 is 0. The van der Waals surface area contributed by atoms with Gasteiger partial charge in [0.25, 0.3) is 10.1 Å². The fraction of sp³-hybridized carbons (Fsp3) is 0.731. The van der Waals surface area contributed by atoms with E-state index in [0.29, 0.717) is 19.3 Å². The van der Waals surface area contributed by atoms with Crippen molar-refractivity contribution in [3.63, 3.8) is 0 Å². The van der Waals surface area contributed by atoms with Crippen molar-refractivity contribution in [2.75, 3.05) is 13.2 Å². The van der Waals surface area contributed by atoms with E-state index >= 15 is 0 Å². The molecule has 8 nitrogen and oxygen atoms in total. The van der Waals surface area contributed by atoms with Crippen molar-refractivity contribution in [1.29, 1.82) is 0 Å². The average Bonchev–Trinajstić information content (AvgIpc) is 3.01. The molecule has 36 heavy (non-hydrogen) atoms. The third kappa shape index (κ3) is 8.27. The summed E-state index contributed by atoms with van der Waals surface area (Å²) in [5.41, 5.74) is 0.304. The van der Waals surface area contributed by atoms with Crippen molar-refractivity contribution in [2.45, 2.75) is 115 Å². The normalized spacial score (nSPS) is 21.6. The number of benzene rings is 1. The largest absolute Gasteiger partial charge is 0.444 e. The lowest BCUT2D eigenvalue weighted by Gasteiger charge is -2.39. The van der Waals surface area contributed by atoms with E-state index in [0.717, 1.165) is 5.56 Å². The Hall–Kier alpha value is -1.46. The number of rotatable bonds is 9. The Morgan fingerprint density at radius 3 is 2.19 bits per heavy atom. The van der Waals surface area contributed by atoms with Crippen molar-refractivity contribution in [2.24, 2.45) is 0 Å². The number of carbonyl (C=O) groups is 1. The maximum atomic E-state index is 13.0. The van der Waals surface area contributed by atoms with Crippen LogP contribution in [-0.2, 0) is 23.5 Å². The molecule has 206 valence electrons. The van der Waals surface area contributed by atoms with Gasteiger partial charge in [-0.15, -0.1) is 0 Å². The Bertz CT molecular complexity index is 981. The van der Waals surface area contributed by atoms with Gasteiger partial charge < -0.3 is 14.3 Å². The van der Waals surface area contributed by atoms with Crippen LogP contribution in [0.2, 0.25) is 18.1 Å². The molecule has 1 heterocycles. The van der Waals surface area contributed by atoms with Crippen molar-refractivity contribution in [3.05, 3.63) is 29.8 Å². The van der Waals surface area contributed by atoms with Crippen LogP contribution < -0.4 is 0 Å². The molecular weight excluding hydrogens is 498 g/mol. The van der Waals surface area contributed by atoms with Crippen LogP contribution in [0.5, 0.6) is 0 Å². The fourth-order valence-electron chi connectivity index (χ4n) is 3.79. The molecule has 1 aliphatic rings. The molecule has 0 radical (unpaired) electrons. The van der Waals surface area contributed by atoms with Gasteiger partial charge in [-0.1, -0.05) is 38.5 Å². The molecule has 2 rings (SSSR count). The maximum absolute atomic E-state index is 13.0. The first-order chi connectivity index (χ1) is 16.3. The number of carbonyl (C=O) groups excluding carboxylic acids is 1. The molecule has 1 aromatic rings. The van der Waals surface area contributed by atoms with Crippen molar-refractivity contribution in [1.82, 2.24) is 4.90 Å². The first kappa shape index (κ1) is 30.8. The number of nitrogens with zero attached hydrogens (tertiary/aromatic N) is 1. The lowest BCUT2D eigenvalue weighted by molar-refractivity contribution is 0.0123. The highest BCUT2D eigenvalue weighted by Gasteiger charge is 2.49. The topological polar surface area (TPSA) is 102 Å². The second-order valence-electron chi connectivity index (χ2n) is 12.2. The summed E-state index contributed by atoms with van der Waals surface area (Å²) < 4.78 is 42.1. The number of aryl methyl sites for hydroxylation is 1. The van der Waals surface area contributed by atoms with Gasteiger partial charge in [0, 0.05) is 0 Å². The van der Waals surface area contributed by atoms with Crippen molar-refractivity contribution in [3.8, 4) is 0 Å². The van der Waals surface area contributed by atoms with Gasteiger partial charge in [-0.25, -0.2) is 4.79 Å². The number of amides is 1. The smallest absolute Gasteiger partial charge is 0.410 e. The van der Waals surface area contributed by atoms with Crippen LogP contribution in [-0.4, -0.2) is 69.8 Å². The SMILES string of the molecule is Cc1ccc(S(=O)(=O)OCCCC[C@H]2[C@H](O)[C@@H](O[Si](C)(C)C(C)(C)C)CN2C(=O)OC(C)(C)C)cc1. The summed E-state index contributed by atoms with van der Waals surface area (Å²) in [7, 11) is -6.00. The second kappa shape index (κ2) is 11.5. The average molecular weight is 544 g/mol. The Balaban J connectivity index is 2.03. The maximum Gasteiger partial charge on any atom is 0.410 e. The Kier molecular flexibility index (Phi) is 9.84. The molecule has 0 aliphatic carbocycles. The molecule has 0 aromatic heterocycles. The van der Waals surface area contributed by atoms with Gasteiger partial charge in [-0.2, -0.15) is 8.42 Å². The Labute approximate surface area is 218 Å². The van der Waals surface area contributed by atoms with Crippen molar-refractivity contribution >= 4 is 24.5 Å². The van der Waals surface area contributed by atoms with Gasteiger partial charge in [0.2, 0.25) is 0 Å². The van der Waals surface area contributed by atoms with E-state index in [1.807, 2.05) is 27.7 Å². The third-order valence-corrected chi connectivity index (χ3v) is 12.7. The molecule has 0 spiro atoms. The van der Waals surface area contributed by atoms with E-state index in [9.17, 15) is 18.3 Å². The van der Waals surface area contributed by atoms with Crippen LogP contribution in [0.1, 0.15) is 66.4 Å². The number of aliphatic hydroxyl groups excluding tert-OH is 1. The van der Waals surface area contributed by atoms with Crippen LogP contribution in [0.25, 0.3) is 0 Å². The van der Waals surface area contributed by atoms with Crippen LogP contribution in [0.3, 0.4) is 0 Å². The zero-order chi connectivity index (χ0) is 27.5. The number of aliphatic hydroxyl groups is 1. The van der Waals surface area contributed by atoms with Gasteiger partial charge in [-0.3, -0.25) is 9.08 Å². The first-order valence-electron chi connectivity index (χ1n) is 12.7. The van der Waals surface area contributed by atoms with Gasteiger partial charge in [0.15, 0.2) is 8.32 Å². The standard InChI is InChI=1S/C26H45NO7SSi/c1-19-13-15-20(16-14-19)35(30,31)32-17-11-10-12-21-23(28)22(34-36(8,9)26(5,6)7)18-27(21)24(29)33-25(2,3)4/h13-16,21-23,28H,10-12,17-18H2,1-9H3/t21-,22-,23-/m0/s1. The van der Waals surface area contributed by atoms with Gasteiger partial charge >= 0.3 is 6.09 Å². The number of likely N-dealkylation sites (tertiary alicyclic amines) is 1. The predicted octanol–water partition coefficient (Wildman–Crippen LogP) is 5.24. The fourth-order valence-corrected chi connectivity index (χ4v) is 6.05. The quantitative estimate of drug-likeness (QED) is 0.258. The molecule has 1 fully saturated rings. The molecule has 1 aromatic carbocycles. The molecule has 0 saturated carbocycles. The minimum Gasteiger partial charge on any atom is -0.444 e. The number of hydrogen-bond acceptors (Lipinski definition) is 7. The van der Waals surface area contributed by atoms with E-state index in [2.05, 4.69) is 33.9 Å². The number of unbranched alkanes of at least 4 members (excludes halogenated alkanes) is 1. The minimum absolute atomic E-state index is 0.0232. The zero-order valence-electron chi connectivity index (χ0n) is 23.3. The lowest BCUT2D eigenvalue weighted by Crippen LogP contribution is -2.47. The summed E-state index contributed by atoms with van der Waals surface area (Å²) in [6.07, 6.45) is -0.329. The summed E-state index contributed by atoms with van der Waals surface area (Å²) in [6.45, 7) is 18.2. The zero-order valence-corrected chi connectivity index (χ0v) is 25.1. The van der Waals surface area contributed by atoms with E-state index in [1.54, 1.807) is 17.0 Å². The van der Waals surface area contributed by atoms with Crippen molar-refractivity contribution < 1.29 is 31.7 Å². The molecule has 10 heteroatoms. The Morgan fingerprint density at radius 1 is 1.08 bits per heavy atom. The van der Waals surface area contributed by atoms with Crippen LogP contribution in [0, 0.1) is 6.92 Å². The highest BCUT2D eigenvalue weighted by atomic mass is 32.2. The first-order valence-corrected chi connectivity index (χ1v) is 17.0. The predicted molar refractivity (Wildman–Crippen MR) is 143 cm³/mol. The molecule has 1 N–H and O–H groups in total. The summed E-state index contributed by atoms with van der Waals surface area (Å²) in [5, 5.41) is 11.1. The summed E-state index contributed by atoms with van der Waals surface area (Å²) in [6, 6.07) is 6.03. The lowest BCUT2D eigenvalue weighted by atomic mass is 10.0. The molecule has 0 unspecified atom stereocenters. The van der Waals surface area contributed by atoms with E-state index in [-0.39, 0.29) is 23.1 Å². The van der Waals surface area contributed by atoms with Gasteiger partial charge in [0.1, 0.15) is 11.7 Å². The van der Waals surface area contributed by atoms with E-state index < -0.39 is 48.4 Å². The van der Waals surface area contributed by atoms with Gasteiger partial charge in [0.05, 0.1) is 30.2 Å². The van der Waals surface area contributed by atoms with Crippen LogP contribution in [0.4, 0.5) is 4.79 Å².